The van der Waals surface area contributed by atoms with Crippen molar-refractivity contribution in [3.63, 3.8) is 0 Å². The van der Waals surface area contributed by atoms with Crippen LogP contribution in [-0.2, 0) is 16.1 Å². The first kappa shape index (κ1) is 29.5. The number of methoxy groups -OCH3 is 2. The van der Waals surface area contributed by atoms with Crippen molar-refractivity contribution in [1.29, 1.82) is 0 Å². The molecule has 41 heavy (non-hydrogen) atoms. The van der Waals surface area contributed by atoms with E-state index in [2.05, 4.69) is 15.3 Å². The highest BCUT2D eigenvalue weighted by Gasteiger charge is 2.33. The topological polar surface area (TPSA) is 93.7 Å². The molecule has 0 aliphatic rings. The number of rotatable bonds is 11. The van der Waals surface area contributed by atoms with Crippen LogP contribution in [0.25, 0.3) is 0 Å². The summed E-state index contributed by atoms with van der Waals surface area (Å²) in [6.45, 7) is 3.58. The van der Waals surface area contributed by atoms with Gasteiger partial charge in [0.1, 0.15) is 23.4 Å². The lowest BCUT2D eigenvalue weighted by Crippen LogP contribution is -2.42. The van der Waals surface area contributed by atoms with Crippen molar-refractivity contribution in [3.05, 3.63) is 107 Å². The highest BCUT2D eigenvalue weighted by Crippen LogP contribution is 2.32. The molecule has 0 unspecified atom stereocenters. The number of carbonyl (C=O) groups excluding carboxylic acids is 2. The van der Waals surface area contributed by atoms with Crippen LogP contribution in [0, 0.1) is 19.7 Å². The molecule has 4 aromatic rings. The van der Waals surface area contributed by atoms with E-state index in [9.17, 15) is 14.0 Å². The Morgan fingerprint density at radius 3 is 2.27 bits per heavy atom. The Bertz CT molecular complexity index is 1500. The van der Waals surface area contributed by atoms with Gasteiger partial charge < -0.3 is 19.7 Å². The normalized spacial score (nSPS) is 11.4. The predicted octanol–water partition coefficient (Wildman–Crippen LogP) is 5.75. The molecule has 0 aliphatic carbocycles. The first-order chi connectivity index (χ1) is 19.8. The molecule has 1 N–H and O–H groups in total. The van der Waals surface area contributed by atoms with E-state index in [0.717, 1.165) is 11.4 Å². The molecule has 8 nitrogen and oxygen atoms in total. The van der Waals surface area contributed by atoms with E-state index in [1.54, 1.807) is 60.7 Å². The van der Waals surface area contributed by atoms with Crippen molar-refractivity contribution in [2.75, 3.05) is 25.3 Å². The fourth-order valence-corrected chi connectivity index (χ4v) is 5.15. The second-order valence-electron chi connectivity index (χ2n) is 9.20. The second-order valence-corrected chi connectivity index (χ2v) is 10.1. The second kappa shape index (κ2) is 13.8. The van der Waals surface area contributed by atoms with Crippen LogP contribution in [0.3, 0.4) is 0 Å². The average molecular weight is 575 g/mol. The summed E-state index contributed by atoms with van der Waals surface area (Å²) in [6, 6.07) is 20.9. The average Bonchev–Trinajstić information content (AvgIpc) is 2.97. The summed E-state index contributed by atoms with van der Waals surface area (Å²) < 4.78 is 25.6. The van der Waals surface area contributed by atoms with Crippen molar-refractivity contribution >= 4 is 29.3 Å². The number of nitrogens with zero attached hydrogens (tertiary/aromatic N) is 3. The number of hydrogen-bond acceptors (Lipinski definition) is 7. The van der Waals surface area contributed by atoms with Crippen LogP contribution < -0.4 is 14.8 Å². The van der Waals surface area contributed by atoms with E-state index in [1.165, 1.54) is 36.9 Å². The van der Waals surface area contributed by atoms with Crippen LogP contribution in [-0.4, -0.2) is 46.7 Å². The molecule has 1 atom stereocenters. The molecule has 3 aromatic carbocycles. The summed E-state index contributed by atoms with van der Waals surface area (Å²) in [5.41, 5.74) is 2.81. The van der Waals surface area contributed by atoms with Crippen molar-refractivity contribution in [3.8, 4) is 11.5 Å². The molecule has 212 valence electrons. The Balaban J connectivity index is 1.72. The minimum Gasteiger partial charge on any atom is -0.497 e. The van der Waals surface area contributed by atoms with Gasteiger partial charge in [-0.1, -0.05) is 60.3 Å². The van der Waals surface area contributed by atoms with Gasteiger partial charge in [-0.3, -0.25) is 9.59 Å². The predicted molar refractivity (Wildman–Crippen MR) is 157 cm³/mol. The molecular formula is C31H31FN4O4S. The fourth-order valence-electron chi connectivity index (χ4n) is 4.31. The van der Waals surface area contributed by atoms with Gasteiger partial charge in [0.25, 0.3) is 5.91 Å². The summed E-state index contributed by atoms with van der Waals surface area (Å²) in [5.74, 6) is -0.455. The first-order valence-corrected chi connectivity index (χ1v) is 13.8. The molecule has 0 saturated carbocycles. The lowest BCUT2D eigenvalue weighted by Gasteiger charge is -2.32. The number of aryl methyl sites for hydroxylation is 2. The lowest BCUT2D eigenvalue weighted by molar-refractivity contribution is -0.137. The van der Waals surface area contributed by atoms with Crippen molar-refractivity contribution in [2.24, 2.45) is 0 Å². The fraction of sp³-hybridized carbons (Fsp3) is 0.226. The van der Waals surface area contributed by atoms with E-state index in [4.69, 9.17) is 9.47 Å². The summed E-state index contributed by atoms with van der Waals surface area (Å²) in [7, 11) is 3.02. The number of aromatic nitrogens is 2. The van der Waals surface area contributed by atoms with Crippen LogP contribution in [0.15, 0.2) is 84.0 Å². The van der Waals surface area contributed by atoms with Crippen LogP contribution in [0.5, 0.6) is 11.5 Å². The highest BCUT2D eigenvalue weighted by atomic mass is 32.2. The third kappa shape index (κ3) is 7.61. The zero-order valence-corrected chi connectivity index (χ0v) is 24.1. The van der Waals surface area contributed by atoms with Crippen molar-refractivity contribution in [2.45, 2.75) is 31.6 Å². The number of nitrogens with one attached hydrogen (secondary N) is 1. The van der Waals surface area contributed by atoms with E-state index < -0.39 is 17.8 Å². The summed E-state index contributed by atoms with van der Waals surface area (Å²) in [6.07, 6.45) is 0. The molecule has 0 saturated heterocycles. The van der Waals surface area contributed by atoms with E-state index >= 15 is 0 Å². The Kier molecular flexibility index (Phi) is 9.91. The molecule has 4 rings (SSSR count). The monoisotopic (exact) mass is 574 g/mol. The molecule has 0 radical (unpaired) electrons. The molecule has 0 bridgehead atoms. The standard InChI is InChI=1S/C31H31FN4O4S/c1-20-16-21(2)34-31(33-20)41-19-28(37)36(18-23-12-8-9-13-25(23)32)29(22-10-6-5-7-11-22)30(38)35-26-15-14-24(39-3)17-27(26)40-4/h5-17,29H,18-19H2,1-4H3,(H,35,38)/t29-/m0/s1. The van der Waals surface area contributed by atoms with Gasteiger partial charge in [-0.15, -0.1) is 0 Å². The number of hydrogen-bond donors (Lipinski definition) is 1. The van der Waals surface area contributed by atoms with Gasteiger partial charge in [0.05, 0.1) is 25.7 Å². The number of ether oxygens (including phenoxy) is 2. The Hall–Kier alpha value is -4.44. The number of halogens is 1. The van der Waals surface area contributed by atoms with E-state index in [0.29, 0.717) is 27.9 Å². The molecule has 10 heteroatoms. The molecule has 0 spiro atoms. The highest BCUT2D eigenvalue weighted by molar-refractivity contribution is 7.99. The van der Waals surface area contributed by atoms with Gasteiger partial charge >= 0.3 is 0 Å². The molecule has 0 fully saturated rings. The molecular weight excluding hydrogens is 543 g/mol. The maximum absolute atomic E-state index is 14.8. The molecule has 1 heterocycles. The summed E-state index contributed by atoms with van der Waals surface area (Å²) >= 11 is 1.17. The Morgan fingerprint density at radius 2 is 1.61 bits per heavy atom. The SMILES string of the molecule is COc1ccc(NC(=O)[C@H](c2ccccc2)N(Cc2ccccc2F)C(=O)CSc2nc(C)cc(C)n2)c(OC)c1. The quantitative estimate of drug-likeness (QED) is 0.180. The van der Waals surface area contributed by atoms with E-state index in [1.807, 2.05) is 26.0 Å². The molecule has 1 aromatic heterocycles. The van der Waals surface area contributed by atoms with Gasteiger partial charge in [0, 0.05) is 29.6 Å². The van der Waals surface area contributed by atoms with Crippen LogP contribution in [0.2, 0.25) is 0 Å². The minimum atomic E-state index is -1.09. The zero-order chi connectivity index (χ0) is 29.4. The smallest absolute Gasteiger partial charge is 0.251 e. The largest absolute Gasteiger partial charge is 0.497 e. The zero-order valence-electron chi connectivity index (χ0n) is 23.3. The van der Waals surface area contributed by atoms with Gasteiger partial charge in [0.2, 0.25) is 5.91 Å². The number of thioether (sulfide) groups is 1. The lowest BCUT2D eigenvalue weighted by atomic mass is 10.0. The van der Waals surface area contributed by atoms with Gasteiger partial charge in [0.15, 0.2) is 5.16 Å². The van der Waals surface area contributed by atoms with E-state index in [-0.39, 0.29) is 23.8 Å². The van der Waals surface area contributed by atoms with Crippen LogP contribution >= 0.6 is 11.8 Å². The maximum atomic E-state index is 14.8. The third-order valence-electron chi connectivity index (χ3n) is 6.25. The van der Waals surface area contributed by atoms with Crippen molar-refractivity contribution in [1.82, 2.24) is 14.9 Å². The molecule has 0 aliphatic heterocycles. The van der Waals surface area contributed by atoms with Crippen LogP contribution in [0.1, 0.15) is 28.6 Å². The van der Waals surface area contributed by atoms with Gasteiger partial charge in [-0.2, -0.15) is 0 Å². The van der Waals surface area contributed by atoms with Gasteiger partial charge in [-0.25, -0.2) is 14.4 Å². The minimum absolute atomic E-state index is 0.0557. The maximum Gasteiger partial charge on any atom is 0.251 e. The third-order valence-corrected chi connectivity index (χ3v) is 7.08. The number of amides is 2. The first-order valence-electron chi connectivity index (χ1n) is 12.8. The summed E-state index contributed by atoms with van der Waals surface area (Å²) in [5, 5.41) is 3.35. The number of carbonyl (C=O) groups is 2. The van der Waals surface area contributed by atoms with Crippen molar-refractivity contribution < 1.29 is 23.5 Å². The summed E-state index contributed by atoms with van der Waals surface area (Å²) in [4.78, 5) is 38.1. The Labute approximate surface area is 242 Å². The Morgan fingerprint density at radius 1 is 0.927 bits per heavy atom. The molecule has 2 amide bonds. The van der Waals surface area contributed by atoms with Crippen LogP contribution in [0.4, 0.5) is 10.1 Å². The van der Waals surface area contributed by atoms with Gasteiger partial charge in [-0.05, 0) is 43.7 Å². The number of anilines is 1. The number of benzene rings is 3.